The molecule has 1 aliphatic rings. The molecule has 94 valence electrons. The normalized spacial score (nSPS) is 15.3. The number of benzene rings is 1. The molecule has 3 heteroatoms. The Kier molecular flexibility index (Phi) is 4.46. The molecule has 1 fully saturated rings. The number of hydrogen-bond donors (Lipinski definition) is 0. The van der Waals surface area contributed by atoms with E-state index < -0.39 is 0 Å². The van der Waals surface area contributed by atoms with Gasteiger partial charge in [0.2, 0.25) is 0 Å². The highest BCUT2D eigenvalue weighted by Crippen LogP contribution is 2.30. The molecule has 2 rings (SSSR count). The van der Waals surface area contributed by atoms with E-state index >= 15 is 0 Å². The summed E-state index contributed by atoms with van der Waals surface area (Å²) in [6.45, 7) is 4.51. The SMILES string of the molecule is CCCN(Cc1ccc(OC)c(Br)c1)C1CC1. The zero-order valence-corrected chi connectivity index (χ0v) is 12.2. The number of ether oxygens (including phenoxy) is 1. The lowest BCUT2D eigenvalue weighted by molar-refractivity contribution is 0.255. The maximum Gasteiger partial charge on any atom is 0.133 e. The summed E-state index contributed by atoms with van der Waals surface area (Å²) >= 11 is 3.55. The number of nitrogens with zero attached hydrogens (tertiary/aromatic N) is 1. The Bertz CT molecular complexity index is 376. The van der Waals surface area contributed by atoms with E-state index in [9.17, 15) is 0 Å². The molecule has 0 heterocycles. The average Bonchev–Trinajstić information content (AvgIpc) is 3.12. The van der Waals surface area contributed by atoms with Crippen LogP contribution in [0.4, 0.5) is 0 Å². The predicted molar refractivity (Wildman–Crippen MR) is 74.4 cm³/mol. The van der Waals surface area contributed by atoms with Crippen LogP contribution in [0.15, 0.2) is 22.7 Å². The van der Waals surface area contributed by atoms with Gasteiger partial charge in [-0.2, -0.15) is 0 Å². The van der Waals surface area contributed by atoms with Gasteiger partial charge in [-0.25, -0.2) is 0 Å². The lowest BCUT2D eigenvalue weighted by Crippen LogP contribution is -2.26. The minimum atomic E-state index is 0.829. The predicted octanol–water partition coefficient (Wildman–Crippen LogP) is 3.83. The van der Waals surface area contributed by atoms with Crippen LogP contribution in [0.3, 0.4) is 0 Å². The molecular formula is C14H20BrNO. The molecule has 17 heavy (non-hydrogen) atoms. The third kappa shape index (κ3) is 3.46. The van der Waals surface area contributed by atoms with Gasteiger partial charge in [-0.05, 0) is 59.4 Å². The van der Waals surface area contributed by atoms with Gasteiger partial charge in [-0.15, -0.1) is 0 Å². The fourth-order valence-electron chi connectivity index (χ4n) is 2.16. The molecule has 2 nitrogen and oxygen atoms in total. The second kappa shape index (κ2) is 5.87. The first-order valence-electron chi connectivity index (χ1n) is 6.31. The van der Waals surface area contributed by atoms with E-state index in [0.29, 0.717) is 0 Å². The minimum absolute atomic E-state index is 0.829. The zero-order valence-electron chi connectivity index (χ0n) is 10.6. The summed E-state index contributed by atoms with van der Waals surface area (Å²) < 4.78 is 6.30. The van der Waals surface area contributed by atoms with Crippen LogP contribution in [0.5, 0.6) is 5.75 Å². The average molecular weight is 298 g/mol. The zero-order chi connectivity index (χ0) is 12.3. The lowest BCUT2D eigenvalue weighted by Gasteiger charge is -2.21. The number of halogens is 1. The summed E-state index contributed by atoms with van der Waals surface area (Å²) in [6, 6.07) is 7.20. The van der Waals surface area contributed by atoms with Crippen LogP contribution in [0.25, 0.3) is 0 Å². The molecule has 0 spiro atoms. The largest absolute Gasteiger partial charge is 0.496 e. The van der Waals surface area contributed by atoms with Crippen molar-refractivity contribution in [2.45, 2.75) is 38.8 Å². The molecule has 1 aromatic carbocycles. The van der Waals surface area contributed by atoms with Crippen LogP contribution in [0.2, 0.25) is 0 Å². The molecule has 0 amide bonds. The van der Waals surface area contributed by atoms with Crippen LogP contribution in [0, 0.1) is 0 Å². The second-order valence-corrected chi connectivity index (χ2v) is 5.52. The van der Waals surface area contributed by atoms with E-state index in [-0.39, 0.29) is 0 Å². The Hall–Kier alpha value is -0.540. The van der Waals surface area contributed by atoms with Gasteiger partial charge in [0.1, 0.15) is 5.75 Å². The first kappa shape index (κ1) is 12.9. The molecule has 0 bridgehead atoms. The van der Waals surface area contributed by atoms with Crippen LogP contribution in [0.1, 0.15) is 31.7 Å². The maximum atomic E-state index is 5.25. The smallest absolute Gasteiger partial charge is 0.133 e. The molecule has 0 radical (unpaired) electrons. The molecule has 0 N–H and O–H groups in total. The summed E-state index contributed by atoms with van der Waals surface area (Å²) in [5.41, 5.74) is 1.36. The van der Waals surface area contributed by atoms with Crippen molar-refractivity contribution in [2.75, 3.05) is 13.7 Å². The standard InChI is InChI=1S/C14H20BrNO/c1-3-8-16(12-5-6-12)10-11-4-7-14(17-2)13(15)9-11/h4,7,9,12H,3,5-6,8,10H2,1-2H3. The van der Waals surface area contributed by atoms with E-state index in [1.165, 1.54) is 31.4 Å². The quantitative estimate of drug-likeness (QED) is 0.791. The highest BCUT2D eigenvalue weighted by molar-refractivity contribution is 9.10. The molecule has 0 atom stereocenters. The highest BCUT2D eigenvalue weighted by Gasteiger charge is 2.28. The highest BCUT2D eigenvalue weighted by atomic mass is 79.9. The van der Waals surface area contributed by atoms with Gasteiger partial charge in [-0.1, -0.05) is 13.0 Å². The third-order valence-corrected chi connectivity index (χ3v) is 3.80. The van der Waals surface area contributed by atoms with Gasteiger partial charge < -0.3 is 4.74 Å². The summed E-state index contributed by atoms with van der Waals surface area (Å²) in [5, 5.41) is 0. The summed E-state index contributed by atoms with van der Waals surface area (Å²) in [7, 11) is 1.70. The Morgan fingerprint density at radius 2 is 2.18 bits per heavy atom. The molecule has 0 saturated heterocycles. The monoisotopic (exact) mass is 297 g/mol. The maximum absolute atomic E-state index is 5.25. The summed E-state index contributed by atoms with van der Waals surface area (Å²) in [4.78, 5) is 2.59. The van der Waals surface area contributed by atoms with Gasteiger partial charge in [0.15, 0.2) is 0 Å². The first-order chi connectivity index (χ1) is 8.24. The van der Waals surface area contributed by atoms with Crippen molar-refractivity contribution in [1.82, 2.24) is 4.90 Å². The van der Waals surface area contributed by atoms with E-state index in [1.807, 2.05) is 6.07 Å². The van der Waals surface area contributed by atoms with Crippen LogP contribution in [-0.2, 0) is 6.54 Å². The van der Waals surface area contributed by atoms with Crippen LogP contribution < -0.4 is 4.74 Å². The molecule has 0 aromatic heterocycles. The Morgan fingerprint density at radius 3 is 2.71 bits per heavy atom. The number of hydrogen-bond acceptors (Lipinski definition) is 2. The lowest BCUT2D eigenvalue weighted by atomic mass is 10.2. The summed E-state index contributed by atoms with van der Waals surface area (Å²) in [6.07, 6.45) is 3.97. The first-order valence-corrected chi connectivity index (χ1v) is 7.10. The number of rotatable bonds is 6. The van der Waals surface area contributed by atoms with Crippen molar-refractivity contribution in [3.63, 3.8) is 0 Å². The molecule has 0 aliphatic heterocycles. The molecule has 0 unspecified atom stereocenters. The van der Waals surface area contributed by atoms with E-state index in [0.717, 1.165) is 22.8 Å². The van der Waals surface area contributed by atoms with Gasteiger partial charge in [0.25, 0.3) is 0 Å². The van der Waals surface area contributed by atoms with E-state index in [1.54, 1.807) is 7.11 Å². The van der Waals surface area contributed by atoms with Crippen molar-refractivity contribution in [2.24, 2.45) is 0 Å². The molecule has 1 aliphatic carbocycles. The molecular weight excluding hydrogens is 278 g/mol. The second-order valence-electron chi connectivity index (χ2n) is 4.67. The van der Waals surface area contributed by atoms with Gasteiger partial charge >= 0.3 is 0 Å². The van der Waals surface area contributed by atoms with Crippen LogP contribution >= 0.6 is 15.9 Å². The Labute approximate surface area is 112 Å². The minimum Gasteiger partial charge on any atom is -0.496 e. The molecule has 1 saturated carbocycles. The fourth-order valence-corrected chi connectivity index (χ4v) is 2.75. The summed E-state index contributed by atoms with van der Waals surface area (Å²) in [5.74, 6) is 0.905. The fraction of sp³-hybridized carbons (Fsp3) is 0.571. The van der Waals surface area contributed by atoms with Gasteiger partial charge in [0, 0.05) is 12.6 Å². The van der Waals surface area contributed by atoms with Crippen molar-refractivity contribution in [1.29, 1.82) is 0 Å². The van der Waals surface area contributed by atoms with Crippen molar-refractivity contribution in [3.05, 3.63) is 28.2 Å². The molecule has 1 aromatic rings. The Morgan fingerprint density at radius 1 is 1.41 bits per heavy atom. The van der Waals surface area contributed by atoms with Crippen molar-refractivity contribution < 1.29 is 4.74 Å². The topological polar surface area (TPSA) is 12.5 Å². The van der Waals surface area contributed by atoms with Crippen molar-refractivity contribution in [3.8, 4) is 5.75 Å². The van der Waals surface area contributed by atoms with Crippen molar-refractivity contribution >= 4 is 15.9 Å². The van der Waals surface area contributed by atoms with Gasteiger partial charge in [0.05, 0.1) is 11.6 Å². The van der Waals surface area contributed by atoms with Gasteiger partial charge in [-0.3, -0.25) is 4.90 Å². The van der Waals surface area contributed by atoms with Crippen LogP contribution in [-0.4, -0.2) is 24.6 Å². The third-order valence-electron chi connectivity index (χ3n) is 3.18. The number of methoxy groups -OCH3 is 1. The van der Waals surface area contributed by atoms with E-state index in [4.69, 9.17) is 4.74 Å². The Balaban J connectivity index is 2.03. The van der Waals surface area contributed by atoms with E-state index in [2.05, 4.69) is 39.9 Å².